The Balaban J connectivity index is 2.00. The lowest BCUT2D eigenvalue weighted by atomic mass is 10.2. The summed E-state index contributed by atoms with van der Waals surface area (Å²) in [5.41, 5.74) is 1.04. The van der Waals surface area contributed by atoms with E-state index in [0.717, 1.165) is 18.2 Å². The molecule has 0 amide bonds. The molecule has 0 unspecified atom stereocenters. The normalized spacial score (nSPS) is 11.8. The number of anilines is 3. The molecule has 2 aromatic heterocycles. The molecule has 3 aromatic rings. The van der Waals surface area contributed by atoms with Crippen molar-refractivity contribution in [2.24, 2.45) is 0 Å². The van der Waals surface area contributed by atoms with Gasteiger partial charge in [-0.05, 0) is 31.2 Å². The SMILES string of the molecule is C[C@@H](CO)Nc1nc(Nc2cc(F)ccc2F)cc(-c2ccccn2)n1. The number of rotatable bonds is 6. The molecule has 0 aliphatic rings. The minimum Gasteiger partial charge on any atom is -0.394 e. The van der Waals surface area contributed by atoms with Crippen LogP contribution in [0.15, 0.2) is 48.7 Å². The second-order valence-electron chi connectivity index (χ2n) is 5.65. The van der Waals surface area contributed by atoms with Crippen molar-refractivity contribution in [3.63, 3.8) is 0 Å². The number of hydrogen-bond donors (Lipinski definition) is 3. The van der Waals surface area contributed by atoms with E-state index in [9.17, 15) is 13.9 Å². The third-order valence-electron chi connectivity index (χ3n) is 3.49. The summed E-state index contributed by atoms with van der Waals surface area (Å²) < 4.78 is 27.3. The van der Waals surface area contributed by atoms with Crippen LogP contribution in [-0.2, 0) is 0 Å². The highest BCUT2D eigenvalue weighted by Crippen LogP contribution is 2.24. The fraction of sp³-hybridized carbons (Fsp3) is 0.167. The van der Waals surface area contributed by atoms with Gasteiger partial charge in [-0.3, -0.25) is 4.98 Å². The van der Waals surface area contributed by atoms with Crippen molar-refractivity contribution in [1.82, 2.24) is 15.0 Å². The largest absolute Gasteiger partial charge is 0.394 e. The average Bonchev–Trinajstić information content (AvgIpc) is 2.65. The summed E-state index contributed by atoms with van der Waals surface area (Å²) in [5, 5.41) is 14.9. The predicted octanol–water partition coefficient (Wildman–Crippen LogP) is 3.35. The van der Waals surface area contributed by atoms with E-state index >= 15 is 0 Å². The quantitative estimate of drug-likeness (QED) is 0.628. The molecule has 3 rings (SSSR count). The van der Waals surface area contributed by atoms with Crippen molar-refractivity contribution >= 4 is 17.5 Å². The van der Waals surface area contributed by atoms with Crippen molar-refractivity contribution in [3.8, 4) is 11.4 Å². The molecule has 0 fully saturated rings. The fourth-order valence-electron chi connectivity index (χ4n) is 2.22. The standard InChI is InChI=1S/C18H17F2N5O/c1-11(10-26)22-18-24-16(14-4-2-3-7-21-14)9-17(25-18)23-15-8-12(19)5-6-13(15)20/h2-9,11,26H,10H2,1H3,(H2,22,23,24,25)/t11-/m0/s1. The number of hydrogen-bond acceptors (Lipinski definition) is 6. The maximum atomic E-state index is 13.9. The third kappa shape index (κ3) is 4.28. The van der Waals surface area contributed by atoms with Gasteiger partial charge in [0.15, 0.2) is 0 Å². The van der Waals surface area contributed by atoms with E-state index in [0.29, 0.717) is 11.4 Å². The Morgan fingerprint density at radius 1 is 1.08 bits per heavy atom. The van der Waals surface area contributed by atoms with Gasteiger partial charge in [-0.1, -0.05) is 6.07 Å². The van der Waals surface area contributed by atoms with Crippen LogP contribution < -0.4 is 10.6 Å². The molecule has 134 valence electrons. The van der Waals surface area contributed by atoms with Gasteiger partial charge in [-0.2, -0.15) is 4.98 Å². The highest BCUT2D eigenvalue weighted by atomic mass is 19.1. The van der Waals surface area contributed by atoms with Gasteiger partial charge in [-0.15, -0.1) is 0 Å². The number of pyridine rings is 1. The first-order valence-corrected chi connectivity index (χ1v) is 7.95. The van der Waals surface area contributed by atoms with Crippen molar-refractivity contribution in [1.29, 1.82) is 0 Å². The monoisotopic (exact) mass is 357 g/mol. The molecule has 1 aromatic carbocycles. The van der Waals surface area contributed by atoms with Gasteiger partial charge in [0, 0.05) is 24.4 Å². The molecular weight excluding hydrogens is 340 g/mol. The van der Waals surface area contributed by atoms with Gasteiger partial charge in [0.05, 0.1) is 23.7 Å². The maximum absolute atomic E-state index is 13.9. The smallest absolute Gasteiger partial charge is 0.225 e. The zero-order valence-electron chi connectivity index (χ0n) is 13.9. The van der Waals surface area contributed by atoms with E-state index < -0.39 is 11.6 Å². The van der Waals surface area contributed by atoms with E-state index in [1.165, 1.54) is 0 Å². The van der Waals surface area contributed by atoms with Crippen LogP contribution in [0.1, 0.15) is 6.92 Å². The zero-order valence-corrected chi connectivity index (χ0v) is 13.9. The molecule has 0 spiro atoms. The number of aromatic nitrogens is 3. The molecule has 0 radical (unpaired) electrons. The summed E-state index contributed by atoms with van der Waals surface area (Å²) in [4.78, 5) is 12.9. The highest BCUT2D eigenvalue weighted by molar-refractivity contribution is 5.65. The second-order valence-corrected chi connectivity index (χ2v) is 5.65. The molecule has 3 N–H and O–H groups in total. The van der Waals surface area contributed by atoms with Gasteiger partial charge in [0.25, 0.3) is 0 Å². The Morgan fingerprint density at radius 3 is 2.65 bits per heavy atom. The first-order valence-electron chi connectivity index (χ1n) is 7.95. The number of benzene rings is 1. The molecular formula is C18H17F2N5O. The van der Waals surface area contributed by atoms with Crippen LogP contribution in [0.5, 0.6) is 0 Å². The minimum atomic E-state index is -0.609. The summed E-state index contributed by atoms with van der Waals surface area (Å²) in [7, 11) is 0. The first-order chi connectivity index (χ1) is 12.5. The molecule has 2 heterocycles. The summed E-state index contributed by atoms with van der Waals surface area (Å²) in [6.45, 7) is 1.65. The van der Waals surface area contributed by atoms with E-state index in [1.807, 2.05) is 6.07 Å². The van der Waals surface area contributed by atoms with E-state index in [2.05, 4.69) is 25.6 Å². The molecule has 6 nitrogen and oxygen atoms in total. The number of nitrogens with one attached hydrogen (secondary N) is 2. The summed E-state index contributed by atoms with van der Waals surface area (Å²) in [6, 6.07) is 9.78. The van der Waals surface area contributed by atoms with E-state index in [1.54, 1.807) is 31.3 Å². The van der Waals surface area contributed by atoms with Gasteiger partial charge < -0.3 is 15.7 Å². The maximum Gasteiger partial charge on any atom is 0.225 e. The number of aliphatic hydroxyl groups is 1. The van der Waals surface area contributed by atoms with Crippen molar-refractivity contribution in [3.05, 3.63) is 60.3 Å². The lowest BCUT2D eigenvalue weighted by Crippen LogP contribution is -2.21. The van der Waals surface area contributed by atoms with Gasteiger partial charge in [-0.25, -0.2) is 13.8 Å². The van der Waals surface area contributed by atoms with Crippen molar-refractivity contribution in [2.75, 3.05) is 17.2 Å². The van der Waals surface area contributed by atoms with Crippen molar-refractivity contribution < 1.29 is 13.9 Å². The molecule has 0 saturated heterocycles. The van der Waals surface area contributed by atoms with Gasteiger partial charge in [0.2, 0.25) is 5.95 Å². The first kappa shape index (κ1) is 17.7. The molecule has 0 aliphatic carbocycles. The van der Waals surface area contributed by atoms with Crippen LogP contribution in [0.25, 0.3) is 11.4 Å². The van der Waals surface area contributed by atoms with E-state index in [-0.39, 0.29) is 30.1 Å². The molecule has 0 saturated carbocycles. The topological polar surface area (TPSA) is 83.0 Å². The summed E-state index contributed by atoms with van der Waals surface area (Å²) in [5.74, 6) is -0.686. The summed E-state index contributed by atoms with van der Waals surface area (Å²) in [6.07, 6.45) is 1.63. The lowest BCUT2D eigenvalue weighted by Gasteiger charge is -2.14. The second kappa shape index (κ2) is 7.83. The molecule has 0 bridgehead atoms. The van der Waals surface area contributed by atoms with Crippen LogP contribution in [-0.4, -0.2) is 32.7 Å². The predicted molar refractivity (Wildman–Crippen MR) is 95.1 cm³/mol. The van der Waals surface area contributed by atoms with Crippen LogP contribution in [0, 0.1) is 11.6 Å². The van der Waals surface area contributed by atoms with Crippen LogP contribution >= 0.6 is 0 Å². The Kier molecular flexibility index (Phi) is 5.33. The Morgan fingerprint density at radius 2 is 1.92 bits per heavy atom. The average molecular weight is 357 g/mol. The Hall–Kier alpha value is -3.13. The number of nitrogens with zero attached hydrogens (tertiary/aromatic N) is 3. The van der Waals surface area contributed by atoms with Gasteiger partial charge >= 0.3 is 0 Å². The van der Waals surface area contributed by atoms with Crippen LogP contribution in [0.3, 0.4) is 0 Å². The molecule has 1 atom stereocenters. The molecule has 0 aliphatic heterocycles. The van der Waals surface area contributed by atoms with E-state index in [4.69, 9.17) is 0 Å². The minimum absolute atomic E-state index is 0.0446. The summed E-state index contributed by atoms with van der Waals surface area (Å²) >= 11 is 0. The fourth-order valence-corrected chi connectivity index (χ4v) is 2.22. The highest BCUT2D eigenvalue weighted by Gasteiger charge is 2.12. The van der Waals surface area contributed by atoms with Crippen molar-refractivity contribution in [2.45, 2.75) is 13.0 Å². The van der Waals surface area contributed by atoms with Crippen LogP contribution in [0.2, 0.25) is 0 Å². The third-order valence-corrected chi connectivity index (χ3v) is 3.49. The zero-order chi connectivity index (χ0) is 18.5. The van der Waals surface area contributed by atoms with Crippen LogP contribution in [0.4, 0.5) is 26.2 Å². The number of halogens is 2. The van der Waals surface area contributed by atoms with Gasteiger partial charge in [0.1, 0.15) is 17.5 Å². The molecule has 26 heavy (non-hydrogen) atoms. The Labute approximate surface area is 149 Å². The Bertz CT molecular complexity index is 892. The molecule has 8 heteroatoms. The lowest BCUT2D eigenvalue weighted by molar-refractivity contribution is 0.281. The number of aliphatic hydroxyl groups excluding tert-OH is 1.